The molecule has 1 aliphatic carbocycles. The summed E-state index contributed by atoms with van der Waals surface area (Å²) in [5.74, 6) is 0. The number of nitrogens with one attached hydrogen (secondary N) is 1. The standard InChI is InChI=1S/C21H34N2OSi/c1-21(2,3)25(5,6)24-19-10-7-17(8-11-19)22-18-9-12-20-16(15-18)13-14-23(20)4/h9,12-15,17,19,22H,7-8,10-11H2,1-6H3. The average Bonchev–Trinajstić information content (AvgIpc) is 2.89. The first-order valence-corrected chi connectivity index (χ1v) is 12.6. The van der Waals surface area contributed by atoms with E-state index in [1.54, 1.807) is 0 Å². The van der Waals surface area contributed by atoms with Crippen molar-refractivity contribution in [3.63, 3.8) is 0 Å². The van der Waals surface area contributed by atoms with Crippen molar-refractivity contribution in [2.75, 3.05) is 5.32 Å². The highest BCUT2D eigenvalue weighted by Crippen LogP contribution is 2.39. The van der Waals surface area contributed by atoms with Gasteiger partial charge in [0.25, 0.3) is 0 Å². The van der Waals surface area contributed by atoms with Crippen molar-refractivity contribution < 1.29 is 4.43 Å². The summed E-state index contributed by atoms with van der Waals surface area (Å²) in [6.45, 7) is 11.7. The van der Waals surface area contributed by atoms with E-state index in [9.17, 15) is 0 Å². The Morgan fingerprint density at radius 2 is 1.76 bits per heavy atom. The third-order valence-corrected chi connectivity index (χ3v) is 10.7. The van der Waals surface area contributed by atoms with Crippen LogP contribution in [0.1, 0.15) is 46.5 Å². The fourth-order valence-electron chi connectivity index (χ4n) is 3.53. The molecule has 0 saturated heterocycles. The number of benzene rings is 1. The summed E-state index contributed by atoms with van der Waals surface area (Å²) < 4.78 is 8.78. The predicted molar refractivity (Wildman–Crippen MR) is 111 cm³/mol. The van der Waals surface area contributed by atoms with Crippen LogP contribution in [-0.2, 0) is 11.5 Å². The molecule has 0 atom stereocenters. The zero-order chi connectivity index (χ0) is 18.2. The summed E-state index contributed by atoms with van der Waals surface area (Å²) in [5.41, 5.74) is 2.53. The van der Waals surface area contributed by atoms with E-state index in [1.165, 1.54) is 42.3 Å². The van der Waals surface area contributed by atoms with Crippen LogP contribution >= 0.6 is 0 Å². The summed E-state index contributed by atoms with van der Waals surface area (Å²) in [7, 11) is 0.457. The quantitative estimate of drug-likeness (QED) is 0.686. The molecule has 0 bridgehead atoms. The van der Waals surface area contributed by atoms with Gasteiger partial charge in [0.15, 0.2) is 8.32 Å². The summed E-state index contributed by atoms with van der Waals surface area (Å²) in [6.07, 6.45) is 7.33. The lowest BCUT2D eigenvalue weighted by atomic mass is 9.93. The van der Waals surface area contributed by atoms with Gasteiger partial charge >= 0.3 is 0 Å². The second-order valence-corrected chi connectivity index (χ2v) is 14.0. The zero-order valence-corrected chi connectivity index (χ0v) is 17.7. The fourth-order valence-corrected chi connectivity index (χ4v) is 4.95. The van der Waals surface area contributed by atoms with Crippen LogP contribution < -0.4 is 5.32 Å². The topological polar surface area (TPSA) is 26.2 Å². The number of nitrogens with zero attached hydrogens (tertiary/aromatic N) is 1. The largest absolute Gasteiger partial charge is 0.414 e. The average molecular weight is 359 g/mol. The summed E-state index contributed by atoms with van der Waals surface area (Å²) in [4.78, 5) is 0. The van der Waals surface area contributed by atoms with Crippen LogP contribution in [0.5, 0.6) is 0 Å². The van der Waals surface area contributed by atoms with Gasteiger partial charge in [0.05, 0.1) is 0 Å². The molecule has 0 amide bonds. The number of aromatic nitrogens is 1. The van der Waals surface area contributed by atoms with E-state index >= 15 is 0 Å². The summed E-state index contributed by atoms with van der Waals surface area (Å²) >= 11 is 0. The van der Waals surface area contributed by atoms with Crippen molar-refractivity contribution in [2.24, 2.45) is 7.05 Å². The van der Waals surface area contributed by atoms with Crippen molar-refractivity contribution in [3.05, 3.63) is 30.5 Å². The SMILES string of the molecule is Cn1ccc2cc(NC3CCC(O[Si](C)(C)C(C)(C)C)CC3)ccc21. The van der Waals surface area contributed by atoms with Gasteiger partial charge in [0.1, 0.15) is 0 Å². The number of aryl methyl sites for hydroxylation is 1. The van der Waals surface area contributed by atoms with Gasteiger partial charge in [-0.1, -0.05) is 20.8 Å². The minimum Gasteiger partial charge on any atom is -0.414 e. The molecular weight excluding hydrogens is 324 g/mol. The first-order valence-electron chi connectivity index (χ1n) is 9.65. The highest BCUT2D eigenvalue weighted by atomic mass is 28.4. The number of anilines is 1. The Kier molecular flexibility index (Phi) is 5.04. The molecule has 1 N–H and O–H groups in total. The van der Waals surface area contributed by atoms with Crippen LogP contribution in [0.4, 0.5) is 5.69 Å². The van der Waals surface area contributed by atoms with Crippen molar-refractivity contribution in [1.82, 2.24) is 4.57 Å². The predicted octanol–water partition coefficient (Wildman–Crippen LogP) is 5.92. The Morgan fingerprint density at radius 3 is 2.40 bits per heavy atom. The van der Waals surface area contributed by atoms with Crippen LogP contribution in [0.3, 0.4) is 0 Å². The third-order valence-electron chi connectivity index (χ3n) is 6.20. The maximum absolute atomic E-state index is 6.61. The van der Waals surface area contributed by atoms with Gasteiger partial charge in [-0.15, -0.1) is 0 Å². The highest BCUT2D eigenvalue weighted by molar-refractivity contribution is 6.74. The molecule has 4 heteroatoms. The molecule has 1 aromatic heterocycles. The molecular formula is C21H34N2OSi. The van der Waals surface area contributed by atoms with E-state index in [4.69, 9.17) is 4.43 Å². The zero-order valence-electron chi connectivity index (χ0n) is 16.7. The fraction of sp³-hybridized carbons (Fsp3) is 0.619. The van der Waals surface area contributed by atoms with Crippen LogP contribution in [0, 0.1) is 0 Å². The van der Waals surface area contributed by atoms with Gasteiger partial charge in [0.2, 0.25) is 0 Å². The maximum Gasteiger partial charge on any atom is 0.192 e. The van der Waals surface area contributed by atoms with Gasteiger partial charge in [-0.2, -0.15) is 0 Å². The lowest BCUT2D eigenvalue weighted by Crippen LogP contribution is -2.45. The molecule has 1 heterocycles. The monoisotopic (exact) mass is 358 g/mol. The Labute approximate surface area is 153 Å². The van der Waals surface area contributed by atoms with Gasteiger partial charge in [-0.3, -0.25) is 0 Å². The van der Waals surface area contributed by atoms with Crippen LogP contribution in [0.25, 0.3) is 10.9 Å². The molecule has 2 aromatic rings. The summed E-state index contributed by atoms with van der Waals surface area (Å²) in [5, 5.41) is 5.35. The molecule has 0 aliphatic heterocycles. The number of fused-ring (bicyclic) bond motifs is 1. The van der Waals surface area contributed by atoms with Gasteiger partial charge in [0, 0.05) is 42.0 Å². The van der Waals surface area contributed by atoms with Crippen LogP contribution in [-0.4, -0.2) is 25.0 Å². The Bertz CT molecular complexity index is 721. The lowest BCUT2D eigenvalue weighted by molar-refractivity contribution is 0.133. The first-order chi connectivity index (χ1) is 11.7. The van der Waals surface area contributed by atoms with Gasteiger partial charge < -0.3 is 14.3 Å². The normalized spacial score (nSPS) is 22.3. The molecule has 1 aliphatic rings. The first kappa shape index (κ1) is 18.5. The van der Waals surface area contributed by atoms with E-state index < -0.39 is 8.32 Å². The van der Waals surface area contributed by atoms with E-state index in [2.05, 4.69) is 81.3 Å². The molecule has 3 nitrogen and oxygen atoms in total. The van der Waals surface area contributed by atoms with Crippen molar-refractivity contribution in [1.29, 1.82) is 0 Å². The minimum absolute atomic E-state index is 0.299. The lowest BCUT2D eigenvalue weighted by Gasteiger charge is -2.41. The third kappa shape index (κ3) is 4.12. The molecule has 0 radical (unpaired) electrons. The summed E-state index contributed by atoms with van der Waals surface area (Å²) in [6, 6.07) is 9.45. The molecule has 25 heavy (non-hydrogen) atoms. The molecule has 0 spiro atoms. The molecule has 1 fully saturated rings. The van der Waals surface area contributed by atoms with Crippen molar-refractivity contribution in [3.8, 4) is 0 Å². The number of rotatable bonds is 4. The molecule has 1 aromatic carbocycles. The molecule has 1 saturated carbocycles. The van der Waals surface area contributed by atoms with Crippen LogP contribution in [0.2, 0.25) is 18.1 Å². The second-order valence-electron chi connectivity index (χ2n) is 9.20. The minimum atomic E-state index is -1.64. The smallest absolute Gasteiger partial charge is 0.192 e. The maximum atomic E-state index is 6.61. The van der Waals surface area contributed by atoms with Crippen molar-refractivity contribution in [2.45, 2.75) is 76.7 Å². The van der Waals surface area contributed by atoms with E-state index in [-0.39, 0.29) is 0 Å². The Balaban J connectivity index is 1.55. The molecule has 138 valence electrons. The number of hydrogen-bond donors (Lipinski definition) is 1. The second kappa shape index (κ2) is 6.80. The Hall–Kier alpha value is -1.26. The van der Waals surface area contributed by atoms with Gasteiger partial charge in [-0.25, -0.2) is 0 Å². The number of hydrogen-bond acceptors (Lipinski definition) is 2. The van der Waals surface area contributed by atoms with Crippen molar-refractivity contribution >= 4 is 24.9 Å². The highest BCUT2D eigenvalue weighted by Gasteiger charge is 2.39. The molecule has 3 rings (SSSR count). The van der Waals surface area contributed by atoms with E-state index in [1.807, 2.05) is 0 Å². The van der Waals surface area contributed by atoms with E-state index in [0.717, 1.165) is 0 Å². The van der Waals surface area contributed by atoms with Gasteiger partial charge in [-0.05, 0) is 68.1 Å². The Morgan fingerprint density at radius 1 is 1.08 bits per heavy atom. The van der Waals surface area contributed by atoms with E-state index in [0.29, 0.717) is 17.2 Å². The van der Waals surface area contributed by atoms with Crippen LogP contribution in [0.15, 0.2) is 30.5 Å². The molecule has 0 unspecified atom stereocenters.